The largest absolute Gasteiger partial charge is 0.346 e. The van der Waals surface area contributed by atoms with Crippen molar-refractivity contribution >= 4 is 46.9 Å². The van der Waals surface area contributed by atoms with Crippen LogP contribution in [0.1, 0.15) is 19.3 Å². The second-order valence-corrected chi connectivity index (χ2v) is 7.94. The third-order valence-corrected chi connectivity index (χ3v) is 5.91. The summed E-state index contributed by atoms with van der Waals surface area (Å²) in [6, 6.07) is 2.38. The number of likely N-dealkylation sites (N-methyl/N-ethyl adjacent to an activating group) is 1. The number of carbonyl (C=O) groups is 1. The first-order chi connectivity index (χ1) is 12.7. The van der Waals surface area contributed by atoms with Gasteiger partial charge in [0.25, 0.3) is 5.91 Å². The lowest BCUT2D eigenvalue weighted by molar-refractivity contribution is -0.125. The first kappa shape index (κ1) is 20.0. The molecule has 2 aromatic heterocycles. The van der Waals surface area contributed by atoms with Crippen LogP contribution in [0.25, 0.3) is 11.0 Å². The molecular weight excluding hydrogens is 384 g/mol. The highest BCUT2D eigenvalue weighted by Gasteiger charge is 2.24. The number of piperidine rings is 1. The fourth-order valence-corrected chi connectivity index (χ4v) is 4.54. The van der Waals surface area contributed by atoms with Crippen molar-refractivity contribution < 1.29 is 4.79 Å². The molecule has 2 aromatic rings. The Labute approximate surface area is 169 Å². The molecule has 0 radical (unpaired) electrons. The van der Waals surface area contributed by atoms with Crippen LogP contribution in [0.15, 0.2) is 29.7 Å². The molecule has 0 aromatic carbocycles. The lowest BCUT2D eigenvalue weighted by Gasteiger charge is -2.30. The van der Waals surface area contributed by atoms with E-state index in [1.807, 2.05) is 30.4 Å². The fourth-order valence-electron chi connectivity index (χ4n) is 3.55. The second-order valence-electron chi connectivity index (χ2n) is 6.80. The number of fused-ring (bicyclic) bond motifs is 1. The number of hydrogen-bond donors (Lipinski definition) is 2. The van der Waals surface area contributed by atoms with Crippen molar-refractivity contribution in [2.75, 3.05) is 37.3 Å². The van der Waals surface area contributed by atoms with E-state index in [4.69, 9.17) is 0 Å². The molecule has 1 fully saturated rings. The molecule has 4 heterocycles. The number of hydrogen-bond acceptors (Lipinski definition) is 6. The van der Waals surface area contributed by atoms with Gasteiger partial charge < -0.3 is 20.1 Å². The lowest BCUT2D eigenvalue weighted by Crippen LogP contribution is -2.44. The standard InChI is InChI=1S/C18H24N6OS.ClH/c1-23(10-13-4-2-3-6-19-13)18(25)15-11-24(8-9-26-15)17-14-5-7-20-16(14)21-12-22-17;/h5,7,11-13,19H,2-4,6,8-10H2,1H3,(H,20,21,22);1H/t13-;/m0./s1. The summed E-state index contributed by atoms with van der Waals surface area (Å²) in [5.41, 5.74) is 0.815. The molecular formula is C18H25ClN6OS. The number of aromatic nitrogens is 3. The van der Waals surface area contributed by atoms with Gasteiger partial charge in [0, 0.05) is 44.3 Å². The number of anilines is 1. The van der Waals surface area contributed by atoms with Crippen molar-refractivity contribution in [2.45, 2.75) is 25.3 Å². The van der Waals surface area contributed by atoms with Gasteiger partial charge in [-0.25, -0.2) is 9.97 Å². The van der Waals surface area contributed by atoms with E-state index in [0.717, 1.165) is 53.6 Å². The molecule has 0 unspecified atom stereocenters. The number of nitrogens with zero attached hydrogens (tertiary/aromatic N) is 4. The predicted molar refractivity (Wildman–Crippen MR) is 112 cm³/mol. The molecule has 1 saturated heterocycles. The monoisotopic (exact) mass is 408 g/mol. The number of carbonyl (C=O) groups excluding carboxylic acids is 1. The zero-order valence-electron chi connectivity index (χ0n) is 15.4. The van der Waals surface area contributed by atoms with E-state index in [2.05, 4.69) is 25.2 Å². The molecule has 2 N–H and O–H groups in total. The Morgan fingerprint density at radius 1 is 1.41 bits per heavy atom. The van der Waals surface area contributed by atoms with Crippen molar-refractivity contribution in [3.05, 3.63) is 29.7 Å². The number of H-pyrrole nitrogens is 1. The maximum absolute atomic E-state index is 12.9. The first-order valence-electron chi connectivity index (χ1n) is 9.10. The van der Waals surface area contributed by atoms with Crippen LogP contribution in [-0.4, -0.2) is 64.2 Å². The van der Waals surface area contributed by atoms with Gasteiger partial charge in [-0.3, -0.25) is 4.79 Å². The van der Waals surface area contributed by atoms with Crippen molar-refractivity contribution in [3.63, 3.8) is 0 Å². The summed E-state index contributed by atoms with van der Waals surface area (Å²) < 4.78 is 0. The predicted octanol–water partition coefficient (Wildman–Crippen LogP) is 2.37. The average Bonchev–Trinajstić information content (AvgIpc) is 3.17. The maximum atomic E-state index is 12.9. The molecule has 0 aliphatic carbocycles. The summed E-state index contributed by atoms with van der Waals surface area (Å²) in [7, 11) is 1.90. The van der Waals surface area contributed by atoms with Gasteiger partial charge in [-0.1, -0.05) is 6.42 Å². The second kappa shape index (κ2) is 8.95. The Balaban J connectivity index is 0.00000210. The van der Waals surface area contributed by atoms with Crippen LogP contribution in [0, 0.1) is 0 Å². The van der Waals surface area contributed by atoms with Crippen LogP contribution in [0.2, 0.25) is 0 Å². The number of halogens is 1. The zero-order chi connectivity index (χ0) is 17.9. The fraction of sp³-hybridized carbons (Fsp3) is 0.500. The number of amides is 1. The summed E-state index contributed by atoms with van der Waals surface area (Å²) in [6.45, 7) is 2.64. The summed E-state index contributed by atoms with van der Waals surface area (Å²) in [5, 5.41) is 4.48. The molecule has 9 heteroatoms. The SMILES string of the molecule is CN(C[C@@H]1CCCCN1)C(=O)C1=CN(c2ncnc3[nH]ccc23)CCS1.Cl. The molecule has 7 nitrogen and oxygen atoms in total. The van der Waals surface area contributed by atoms with E-state index in [0.29, 0.717) is 6.04 Å². The van der Waals surface area contributed by atoms with E-state index < -0.39 is 0 Å². The van der Waals surface area contributed by atoms with E-state index in [9.17, 15) is 4.79 Å². The van der Waals surface area contributed by atoms with Crippen molar-refractivity contribution in [1.29, 1.82) is 0 Å². The van der Waals surface area contributed by atoms with Crippen LogP contribution in [-0.2, 0) is 4.79 Å². The number of nitrogens with one attached hydrogen (secondary N) is 2. The topological polar surface area (TPSA) is 77.2 Å². The maximum Gasteiger partial charge on any atom is 0.261 e. The van der Waals surface area contributed by atoms with E-state index in [1.165, 1.54) is 12.8 Å². The summed E-state index contributed by atoms with van der Waals surface area (Å²) in [4.78, 5) is 29.4. The van der Waals surface area contributed by atoms with Gasteiger partial charge in [0.2, 0.25) is 0 Å². The van der Waals surface area contributed by atoms with E-state index >= 15 is 0 Å². The van der Waals surface area contributed by atoms with Crippen LogP contribution < -0.4 is 10.2 Å². The molecule has 0 bridgehead atoms. The highest BCUT2D eigenvalue weighted by Crippen LogP contribution is 2.29. The summed E-state index contributed by atoms with van der Waals surface area (Å²) >= 11 is 1.62. The minimum atomic E-state index is 0. The van der Waals surface area contributed by atoms with Gasteiger partial charge in [-0.15, -0.1) is 24.2 Å². The van der Waals surface area contributed by atoms with Gasteiger partial charge in [-0.05, 0) is 25.5 Å². The highest BCUT2D eigenvalue weighted by molar-refractivity contribution is 8.04. The smallest absolute Gasteiger partial charge is 0.261 e. The molecule has 2 aliphatic heterocycles. The Morgan fingerprint density at radius 2 is 2.30 bits per heavy atom. The van der Waals surface area contributed by atoms with Gasteiger partial charge in [-0.2, -0.15) is 0 Å². The Kier molecular flexibility index (Phi) is 6.62. The third-order valence-electron chi connectivity index (χ3n) is 4.93. The molecule has 1 atom stereocenters. The first-order valence-corrected chi connectivity index (χ1v) is 10.1. The molecule has 4 rings (SSSR count). The van der Waals surface area contributed by atoms with Crippen molar-refractivity contribution in [2.24, 2.45) is 0 Å². The minimum Gasteiger partial charge on any atom is -0.346 e. The quantitative estimate of drug-likeness (QED) is 0.808. The molecule has 0 spiro atoms. The third kappa shape index (κ3) is 4.39. The van der Waals surface area contributed by atoms with Gasteiger partial charge in [0.1, 0.15) is 17.8 Å². The molecule has 1 amide bonds. The van der Waals surface area contributed by atoms with E-state index in [1.54, 1.807) is 18.1 Å². The summed E-state index contributed by atoms with van der Waals surface area (Å²) in [6.07, 6.45) is 8.98. The zero-order valence-corrected chi connectivity index (χ0v) is 17.0. The van der Waals surface area contributed by atoms with Crippen LogP contribution in [0.5, 0.6) is 0 Å². The minimum absolute atomic E-state index is 0. The average molecular weight is 409 g/mol. The molecule has 0 saturated carbocycles. The summed E-state index contributed by atoms with van der Waals surface area (Å²) in [5.74, 6) is 1.80. The van der Waals surface area contributed by atoms with Crippen molar-refractivity contribution in [3.8, 4) is 0 Å². The molecule has 27 heavy (non-hydrogen) atoms. The molecule has 2 aliphatic rings. The Hall–Kier alpha value is -1.77. The molecule has 146 valence electrons. The number of thioether (sulfide) groups is 1. The number of aromatic amines is 1. The van der Waals surface area contributed by atoms with Crippen molar-refractivity contribution in [1.82, 2.24) is 25.2 Å². The van der Waals surface area contributed by atoms with Crippen LogP contribution >= 0.6 is 24.2 Å². The van der Waals surface area contributed by atoms with Crippen LogP contribution in [0.4, 0.5) is 5.82 Å². The van der Waals surface area contributed by atoms with E-state index in [-0.39, 0.29) is 18.3 Å². The lowest BCUT2D eigenvalue weighted by atomic mass is 10.0. The van der Waals surface area contributed by atoms with Crippen LogP contribution in [0.3, 0.4) is 0 Å². The highest BCUT2D eigenvalue weighted by atomic mass is 35.5. The van der Waals surface area contributed by atoms with Gasteiger partial charge >= 0.3 is 0 Å². The normalized spacial score (nSPS) is 20.1. The Bertz CT molecular complexity index is 819. The number of rotatable bonds is 4. The van der Waals surface area contributed by atoms with Gasteiger partial charge in [0.15, 0.2) is 0 Å². The van der Waals surface area contributed by atoms with Gasteiger partial charge in [0.05, 0.1) is 10.3 Å². The Morgan fingerprint density at radius 3 is 3.11 bits per heavy atom.